The molecule has 1 fully saturated rings. The summed E-state index contributed by atoms with van der Waals surface area (Å²) in [5.74, 6) is 0.0781. The maximum atomic E-state index is 12.4. The molecule has 1 heterocycles. The quantitative estimate of drug-likeness (QED) is 0.832. The molecule has 98 valence electrons. The van der Waals surface area contributed by atoms with E-state index in [1.165, 1.54) is 0 Å². The first-order chi connectivity index (χ1) is 8.61. The van der Waals surface area contributed by atoms with Gasteiger partial charge >= 0.3 is 0 Å². The van der Waals surface area contributed by atoms with Crippen molar-refractivity contribution in [1.82, 2.24) is 9.80 Å². The minimum atomic E-state index is 0.0781. The first-order valence-electron chi connectivity index (χ1n) is 6.08. The van der Waals surface area contributed by atoms with Gasteiger partial charge in [-0.15, -0.1) is 0 Å². The molecule has 0 N–H and O–H groups in total. The maximum absolute atomic E-state index is 12.4. The zero-order chi connectivity index (χ0) is 13.1. The van der Waals surface area contributed by atoms with Gasteiger partial charge in [-0.2, -0.15) is 0 Å². The third kappa shape index (κ3) is 3.05. The lowest BCUT2D eigenvalue weighted by Crippen LogP contribution is -2.48. The molecule has 5 heteroatoms. The van der Waals surface area contributed by atoms with Crippen molar-refractivity contribution in [3.63, 3.8) is 0 Å². The highest BCUT2D eigenvalue weighted by molar-refractivity contribution is 9.10. The Morgan fingerprint density at radius 1 is 1.33 bits per heavy atom. The van der Waals surface area contributed by atoms with E-state index in [1.54, 1.807) is 18.2 Å². The predicted molar refractivity (Wildman–Crippen MR) is 77.2 cm³/mol. The van der Waals surface area contributed by atoms with E-state index in [2.05, 4.69) is 27.8 Å². The van der Waals surface area contributed by atoms with Gasteiger partial charge in [0.25, 0.3) is 5.91 Å². The van der Waals surface area contributed by atoms with E-state index < -0.39 is 0 Å². The number of benzene rings is 1. The summed E-state index contributed by atoms with van der Waals surface area (Å²) in [5.41, 5.74) is 0.685. The Morgan fingerprint density at radius 2 is 2.00 bits per heavy atom. The van der Waals surface area contributed by atoms with E-state index in [0.717, 1.165) is 37.2 Å². The van der Waals surface area contributed by atoms with Crippen LogP contribution >= 0.6 is 27.5 Å². The number of piperazine rings is 1. The smallest absolute Gasteiger partial charge is 0.255 e. The van der Waals surface area contributed by atoms with E-state index in [9.17, 15) is 4.79 Å². The predicted octanol–water partition coefficient (Wildman–Crippen LogP) is 2.88. The molecular weight excluding hydrogens is 316 g/mol. The first kappa shape index (κ1) is 13.8. The second-order valence-electron chi connectivity index (χ2n) is 4.35. The molecule has 0 bridgehead atoms. The van der Waals surface area contributed by atoms with E-state index in [-0.39, 0.29) is 5.91 Å². The van der Waals surface area contributed by atoms with Crippen molar-refractivity contribution in [1.29, 1.82) is 0 Å². The van der Waals surface area contributed by atoms with Crippen molar-refractivity contribution < 1.29 is 4.79 Å². The summed E-state index contributed by atoms with van der Waals surface area (Å²) in [6.45, 7) is 6.68. The highest BCUT2D eigenvalue weighted by Crippen LogP contribution is 2.23. The molecule has 3 nitrogen and oxygen atoms in total. The SMILES string of the molecule is CCN1CCN(C(=O)c2ccc(Cl)cc2Br)CC1. The van der Waals surface area contributed by atoms with Gasteiger partial charge in [0.15, 0.2) is 0 Å². The van der Waals surface area contributed by atoms with Crippen LogP contribution in [0.25, 0.3) is 0 Å². The number of nitrogens with zero attached hydrogens (tertiary/aromatic N) is 2. The molecular formula is C13H16BrClN2O. The Bertz CT molecular complexity index is 445. The average molecular weight is 332 g/mol. The zero-order valence-electron chi connectivity index (χ0n) is 10.3. The summed E-state index contributed by atoms with van der Waals surface area (Å²) < 4.78 is 0.762. The molecule has 0 spiro atoms. The van der Waals surface area contributed by atoms with Gasteiger partial charge in [0.2, 0.25) is 0 Å². The number of amides is 1. The van der Waals surface area contributed by atoms with Crippen molar-refractivity contribution in [3.8, 4) is 0 Å². The number of likely N-dealkylation sites (N-methyl/N-ethyl adjacent to an activating group) is 1. The number of halogens is 2. The number of carbonyl (C=O) groups is 1. The Morgan fingerprint density at radius 3 is 2.56 bits per heavy atom. The van der Waals surface area contributed by atoms with Gasteiger partial charge in [-0.25, -0.2) is 0 Å². The van der Waals surface area contributed by atoms with Gasteiger partial charge < -0.3 is 9.80 Å². The average Bonchev–Trinajstić information content (AvgIpc) is 2.38. The van der Waals surface area contributed by atoms with Gasteiger partial charge in [-0.1, -0.05) is 18.5 Å². The fourth-order valence-electron chi connectivity index (χ4n) is 2.10. The van der Waals surface area contributed by atoms with Crippen LogP contribution in [0.15, 0.2) is 22.7 Å². The number of carbonyl (C=O) groups excluding carboxylic acids is 1. The molecule has 1 aromatic rings. The third-order valence-corrected chi connectivity index (χ3v) is 4.16. The normalized spacial score (nSPS) is 16.9. The fourth-order valence-corrected chi connectivity index (χ4v) is 2.95. The van der Waals surface area contributed by atoms with Crippen LogP contribution in [-0.2, 0) is 0 Å². The Labute approximate surface area is 121 Å². The van der Waals surface area contributed by atoms with Crippen LogP contribution in [0.2, 0.25) is 5.02 Å². The van der Waals surface area contributed by atoms with Gasteiger partial charge in [-0.05, 0) is 40.7 Å². The molecule has 1 aliphatic rings. The second-order valence-corrected chi connectivity index (χ2v) is 5.64. The fraction of sp³-hybridized carbons (Fsp3) is 0.462. The number of rotatable bonds is 2. The van der Waals surface area contributed by atoms with Crippen LogP contribution in [0, 0.1) is 0 Å². The summed E-state index contributed by atoms with van der Waals surface area (Å²) in [4.78, 5) is 16.6. The first-order valence-corrected chi connectivity index (χ1v) is 7.25. The van der Waals surface area contributed by atoms with Crippen LogP contribution in [0.3, 0.4) is 0 Å². The lowest BCUT2D eigenvalue weighted by atomic mass is 10.2. The highest BCUT2D eigenvalue weighted by atomic mass is 79.9. The molecule has 0 radical (unpaired) electrons. The molecule has 0 atom stereocenters. The van der Waals surface area contributed by atoms with Crippen LogP contribution < -0.4 is 0 Å². The molecule has 18 heavy (non-hydrogen) atoms. The minimum absolute atomic E-state index is 0.0781. The Hall–Kier alpha value is -0.580. The zero-order valence-corrected chi connectivity index (χ0v) is 12.7. The Kier molecular flexibility index (Phi) is 4.65. The second kappa shape index (κ2) is 6.04. The minimum Gasteiger partial charge on any atom is -0.336 e. The maximum Gasteiger partial charge on any atom is 0.255 e. The van der Waals surface area contributed by atoms with Gasteiger partial charge in [-0.3, -0.25) is 4.79 Å². The monoisotopic (exact) mass is 330 g/mol. The summed E-state index contributed by atoms with van der Waals surface area (Å²) >= 11 is 9.28. The Balaban J connectivity index is 2.08. The molecule has 2 rings (SSSR count). The van der Waals surface area contributed by atoms with Crippen LogP contribution in [0.5, 0.6) is 0 Å². The summed E-state index contributed by atoms with van der Waals surface area (Å²) in [7, 11) is 0. The van der Waals surface area contributed by atoms with E-state index in [0.29, 0.717) is 10.6 Å². The lowest BCUT2D eigenvalue weighted by Gasteiger charge is -2.34. The molecule has 0 aromatic heterocycles. The van der Waals surface area contributed by atoms with Crippen LogP contribution in [-0.4, -0.2) is 48.4 Å². The molecule has 1 amide bonds. The van der Waals surface area contributed by atoms with Crippen molar-refractivity contribution in [2.75, 3.05) is 32.7 Å². The summed E-state index contributed by atoms with van der Waals surface area (Å²) in [5, 5.41) is 0.634. The molecule has 0 aliphatic carbocycles. The number of hydrogen-bond acceptors (Lipinski definition) is 2. The largest absolute Gasteiger partial charge is 0.336 e. The van der Waals surface area contributed by atoms with Crippen LogP contribution in [0.1, 0.15) is 17.3 Å². The van der Waals surface area contributed by atoms with E-state index >= 15 is 0 Å². The van der Waals surface area contributed by atoms with Crippen molar-refractivity contribution >= 4 is 33.4 Å². The summed E-state index contributed by atoms with van der Waals surface area (Å²) in [6.07, 6.45) is 0. The lowest BCUT2D eigenvalue weighted by molar-refractivity contribution is 0.0642. The van der Waals surface area contributed by atoms with E-state index in [1.807, 2.05) is 4.90 Å². The topological polar surface area (TPSA) is 23.6 Å². The molecule has 0 unspecified atom stereocenters. The third-order valence-electron chi connectivity index (χ3n) is 3.27. The van der Waals surface area contributed by atoms with Gasteiger partial charge in [0, 0.05) is 35.7 Å². The number of hydrogen-bond donors (Lipinski definition) is 0. The molecule has 1 saturated heterocycles. The van der Waals surface area contributed by atoms with Crippen molar-refractivity contribution in [3.05, 3.63) is 33.3 Å². The molecule has 0 saturated carbocycles. The standard InChI is InChI=1S/C13H16BrClN2O/c1-2-16-5-7-17(8-6-16)13(18)11-4-3-10(15)9-12(11)14/h3-4,9H,2,5-8H2,1H3. The van der Waals surface area contributed by atoms with Crippen molar-refractivity contribution in [2.45, 2.75) is 6.92 Å². The molecule has 1 aliphatic heterocycles. The van der Waals surface area contributed by atoms with Gasteiger partial charge in [0.1, 0.15) is 0 Å². The molecule has 1 aromatic carbocycles. The van der Waals surface area contributed by atoms with E-state index in [4.69, 9.17) is 11.6 Å². The van der Waals surface area contributed by atoms with Gasteiger partial charge in [0.05, 0.1) is 5.56 Å². The van der Waals surface area contributed by atoms with Crippen molar-refractivity contribution in [2.24, 2.45) is 0 Å². The van der Waals surface area contributed by atoms with Crippen LogP contribution in [0.4, 0.5) is 0 Å². The highest BCUT2D eigenvalue weighted by Gasteiger charge is 2.22. The summed E-state index contributed by atoms with van der Waals surface area (Å²) in [6, 6.07) is 5.29.